The van der Waals surface area contributed by atoms with Gasteiger partial charge in [0.2, 0.25) is 5.91 Å². The van der Waals surface area contributed by atoms with Gasteiger partial charge < -0.3 is 9.88 Å². The molecule has 4 nitrogen and oxygen atoms in total. The fraction of sp³-hybridized carbons (Fsp3) is 0.286. The molecule has 1 N–H and O–H groups in total. The lowest BCUT2D eigenvalue weighted by atomic mass is 10.2. The van der Waals surface area contributed by atoms with E-state index in [9.17, 15) is 14.0 Å². The number of halogens is 1. The first-order valence-electron chi connectivity index (χ1n) is 6.18. The van der Waals surface area contributed by atoms with E-state index in [0.29, 0.717) is 17.8 Å². The first-order valence-corrected chi connectivity index (χ1v) is 7.06. The van der Waals surface area contributed by atoms with Gasteiger partial charge in [0, 0.05) is 29.7 Å². The van der Waals surface area contributed by atoms with E-state index in [1.54, 1.807) is 29.0 Å². The van der Waals surface area contributed by atoms with Crippen molar-refractivity contribution >= 4 is 22.9 Å². The summed E-state index contributed by atoms with van der Waals surface area (Å²) in [6.45, 7) is 3.81. The van der Waals surface area contributed by atoms with Crippen LogP contribution >= 0.6 is 11.3 Å². The number of nitrogens with one attached hydrogen (secondary N) is 1. The van der Waals surface area contributed by atoms with Gasteiger partial charge in [-0.05, 0) is 31.5 Å². The molecule has 0 radical (unpaired) electrons. The number of carbonyl (C=O) groups is 1. The van der Waals surface area contributed by atoms with Crippen molar-refractivity contribution in [1.29, 1.82) is 0 Å². The van der Waals surface area contributed by atoms with Gasteiger partial charge in [0.05, 0.1) is 0 Å². The normalized spacial score (nSPS) is 10.6. The van der Waals surface area contributed by atoms with Gasteiger partial charge >= 0.3 is 4.87 Å². The van der Waals surface area contributed by atoms with Crippen LogP contribution in [-0.4, -0.2) is 10.5 Å². The molecule has 0 saturated heterocycles. The predicted molar refractivity (Wildman–Crippen MR) is 77.7 cm³/mol. The molecule has 0 unspecified atom stereocenters. The summed E-state index contributed by atoms with van der Waals surface area (Å²) in [6, 6.07) is 4.55. The standard InChI is InChI=1S/C14H15FN2O2S/c1-9-3-4-11(7-12(9)15)16-13(18)5-6-17-10(2)8-20-14(17)19/h3-4,7-8H,5-6H2,1-2H3,(H,16,18). The van der Waals surface area contributed by atoms with Crippen molar-refractivity contribution in [3.8, 4) is 0 Å². The van der Waals surface area contributed by atoms with E-state index in [1.807, 2.05) is 6.92 Å². The summed E-state index contributed by atoms with van der Waals surface area (Å²) in [7, 11) is 0. The Labute approximate surface area is 119 Å². The smallest absolute Gasteiger partial charge is 0.307 e. The third kappa shape index (κ3) is 3.33. The summed E-state index contributed by atoms with van der Waals surface area (Å²) in [6.07, 6.45) is 0.174. The maximum atomic E-state index is 13.3. The predicted octanol–water partition coefficient (Wildman–Crippen LogP) is 2.69. The fourth-order valence-corrected chi connectivity index (χ4v) is 2.54. The van der Waals surface area contributed by atoms with Crippen molar-refractivity contribution in [2.45, 2.75) is 26.8 Å². The number of anilines is 1. The Balaban J connectivity index is 1.96. The van der Waals surface area contributed by atoms with E-state index in [4.69, 9.17) is 0 Å². The molecule has 0 aliphatic rings. The van der Waals surface area contributed by atoms with Gasteiger partial charge in [-0.3, -0.25) is 9.59 Å². The van der Waals surface area contributed by atoms with Crippen LogP contribution in [0.25, 0.3) is 0 Å². The monoisotopic (exact) mass is 294 g/mol. The summed E-state index contributed by atoms with van der Waals surface area (Å²) in [5.74, 6) is -0.599. The maximum absolute atomic E-state index is 13.3. The molecule has 0 aliphatic carbocycles. The molecular formula is C14H15FN2O2S. The number of benzene rings is 1. The average molecular weight is 294 g/mol. The summed E-state index contributed by atoms with van der Waals surface area (Å²) in [4.78, 5) is 23.2. The molecule has 1 aromatic carbocycles. The second kappa shape index (κ2) is 6.00. The number of hydrogen-bond acceptors (Lipinski definition) is 3. The van der Waals surface area contributed by atoms with Crippen LogP contribution in [0.15, 0.2) is 28.4 Å². The van der Waals surface area contributed by atoms with Crippen molar-refractivity contribution in [3.63, 3.8) is 0 Å². The van der Waals surface area contributed by atoms with Gasteiger partial charge in [0.25, 0.3) is 0 Å². The molecule has 6 heteroatoms. The van der Waals surface area contributed by atoms with Gasteiger partial charge in [-0.15, -0.1) is 0 Å². The van der Waals surface area contributed by atoms with Crippen LogP contribution in [0.3, 0.4) is 0 Å². The Morgan fingerprint density at radius 1 is 1.40 bits per heavy atom. The maximum Gasteiger partial charge on any atom is 0.307 e. The quantitative estimate of drug-likeness (QED) is 0.942. The number of aryl methyl sites for hydroxylation is 2. The molecule has 0 fully saturated rings. The number of aromatic nitrogens is 1. The van der Waals surface area contributed by atoms with E-state index < -0.39 is 0 Å². The Morgan fingerprint density at radius 2 is 2.15 bits per heavy atom. The molecular weight excluding hydrogens is 279 g/mol. The zero-order valence-corrected chi connectivity index (χ0v) is 12.1. The van der Waals surface area contributed by atoms with E-state index in [0.717, 1.165) is 17.0 Å². The SMILES string of the molecule is Cc1ccc(NC(=O)CCn2c(C)csc2=O)cc1F. The van der Waals surface area contributed by atoms with Crippen LogP contribution in [0.4, 0.5) is 10.1 Å². The topological polar surface area (TPSA) is 51.1 Å². The Bertz CT molecular complexity index is 691. The molecule has 0 aliphatic heterocycles. The Kier molecular flexibility index (Phi) is 4.34. The fourth-order valence-electron chi connectivity index (χ4n) is 1.78. The third-order valence-corrected chi connectivity index (χ3v) is 3.88. The zero-order valence-electron chi connectivity index (χ0n) is 11.3. The highest BCUT2D eigenvalue weighted by atomic mass is 32.1. The van der Waals surface area contributed by atoms with Crippen LogP contribution in [0.2, 0.25) is 0 Å². The van der Waals surface area contributed by atoms with Gasteiger partial charge in [-0.1, -0.05) is 17.4 Å². The number of nitrogens with zero attached hydrogens (tertiary/aromatic N) is 1. The molecule has 2 aromatic rings. The summed E-state index contributed by atoms with van der Waals surface area (Å²) >= 11 is 1.12. The van der Waals surface area contributed by atoms with E-state index in [1.165, 1.54) is 6.07 Å². The molecule has 1 aromatic heterocycles. The molecule has 1 amide bonds. The molecule has 2 rings (SSSR count). The van der Waals surface area contributed by atoms with Gasteiger partial charge in [0.1, 0.15) is 5.82 Å². The van der Waals surface area contributed by atoms with Gasteiger partial charge in [-0.2, -0.15) is 0 Å². The second-order valence-corrected chi connectivity index (χ2v) is 5.38. The van der Waals surface area contributed by atoms with E-state index >= 15 is 0 Å². The van der Waals surface area contributed by atoms with Crippen LogP contribution in [0.5, 0.6) is 0 Å². The molecule has 0 saturated carbocycles. The van der Waals surface area contributed by atoms with Crippen LogP contribution in [-0.2, 0) is 11.3 Å². The first kappa shape index (κ1) is 14.5. The zero-order chi connectivity index (χ0) is 14.7. The summed E-state index contributed by atoms with van der Waals surface area (Å²) < 4.78 is 14.9. The highest BCUT2D eigenvalue weighted by Crippen LogP contribution is 2.13. The Morgan fingerprint density at radius 3 is 2.75 bits per heavy atom. The molecule has 1 heterocycles. The Hall–Kier alpha value is -1.95. The average Bonchev–Trinajstić information content (AvgIpc) is 2.71. The number of thiazole rings is 1. The molecule has 0 bridgehead atoms. The van der Waals surface area contributed by atoms with Crippen molar-refractivity contribution in [1.82, 2.24) is 4.57 Å². The minimum absolute atomic E-state index is 0.0725. The highest BCUT2D eigenvalue weighted by Gasteiger charge is 2.07. The summed E-state index contributed by atoms with van der Waals surface area (Å²) in [5.41, 5.74) is 1.80. The van der Waals surface area contributed by atoms with Crippen molar-refractivity contribution < 1.29 is 9.18 Å². The van der Waals surface area contributed by atoms with Crippen molar-refractivity contribution in [2.24, 2.45) is 0 Å². The number of hydrogen-bond donors (Lipinski definition) is 1. The minimum atomic E-state index is -0.354. The molecule has 106 valence electrons. The van der Waals surface area contributed by atoms with Gasteiger partial charge in [0.15, 0.2) is 0 Å². The van der Waals surface area contributed by atoms with Gasteiger partial charge in [-0.25, -0.2) is 4.39 Å². The van der Waals surface area contributed by atoms with E-state index in [2.05, 4.69) is 5.32 Å². The lowest BCUT2D eigenvalue weighted by Gasteiger charge is -2.07. The first-order chi connectivity index (χ1) is 9.47. The second-order valence-electron chi connectivity index (χ2n) is 4.56. The third-order valence-electron chi connectivity index (χ3n) is 2.99. The summed E-state index contributed by atoms with van der Waals surface area (Å²) in [5, 5.41) is 4.38. The number of carbonyl (C=O) groups excluding carboxylic acids is 1. The van der Waals surface area contributed by atoms with Crippen LogP contribution in [0.1, 0.15) is 17.7 Å². The molecule has 0 spiro atoms. The number of amides is 1. The lowest BCUT2D eigenvalue weighted by molar-refractivity contribution is -0.116. The lowest BCUT2D eigenvalue weighted by Crippen LogP contribution is -2.20. The number of rotatable bonds is 4. The van der Waals surface area contributed by atoms with E-state index in [-0.39, 0.29) is 23.0 Å². The van der Waals surface area contributed by atoms with Crippen LogP contribution < -0.4 is 10.2 Å². The van der Waals surface area contributed by atoms with Crippen LogP contribution in [0, 0.1) is 19.7 Å². The van der Waals surface area contributed by atoms with Crippen molar-refractivity contribution in [3.05, 3.63) is 50.3 Å². The minimum Gasteiger partial charge on any atom is -0.326 e. The van der Waals surface area contributed by atoms with Crippen molar-refractivity contribution in [2.75, 3.05) is 5.32 Å². The molecule has 20 heavy (non-hydrogen) atoms. The molecule has 0 atom stereocenters. The largest absolute Gasteiger partial charge is 0.326 e. The highest BCUT2D eigenvalue weighted by molar-refractivity contribution is 7.07.